The average Bonchev–Trinajstić information content (AvgIpc) is 3.64. The smallest absolute Gasteiger partial charge is 0.272 e. The van der Waals surface area contributed by atoms with Gasteiger partial charge in [0.2, 0.25) is 0 Å². The van der Waals surface area contributed by atoms with Gasteiger partial charge < -0.3 is 14.4 Å². The summed E-state index contributed by atoms with van der Waals surface area (Å²) in [5.74, 6) is 2.12. The second-order valence-corrected chi connectivity index (χ2v) is 10.4. The Kier molecular flexibility index (Phi) is 5.17. The van der Waals surface area contributed by atoms with Gasteiger partial charge in [0.25, 0.3) is 5.91 Å². The summed E-state index contributed by atoms with van der Waals surface area (Å²) < 4.78 is 12.1. The molecule has 1 aliphatic carbocycles. The summed E-state index contributed by atoms with van der Waals surface area (Å²) in [5.41, 5.74) is 3.06. The zero-order valence-corrected chi connectivity index (χ0v) is 20.9. The largest absolute Gasteiger partial charge is 0.496 e. The number of fused-ring (bicyclic) bond motifs is 2. The van der Waals surface area contributed by atoms with Crippen molar-refractivity contribution in [2.45, 2.75) is 43.6 Å². The van der Waals surface area contributed by atoms with Gasteiger partial charge in [-0.2, -0.15) is 0 Å². The first-order valence-electron chi connectivity index (χ1n) is 12.9. The van der Waals surface area contributed by atoms with Crippen LogP contribution in [-0.2, 0) is 0 Å². The van der Waals surface area contributed by atoms with Crippen molar-refractivity contribution in [2.24, 2.45) is 0 Å². The molecule has 1 saturated carbocycles. The van der Waals surface area contributed by atoms with Crippen LogP contribution in [0.2, 0.25) is 0 Å². The summed E-state index contributed by atoms with van der Waals surface area (Å²) in [5, 5.41) is 14.8. The zero-order valence-electron chi connectivity index (χ0n) is 20.9. The van der Waals surface area contributed by atoms with Crippen LogP contribution in [-0.4, -0.2) is 68.0 Å². The number of carbonyl (C=O) groups is 2. The third kappa shape index (κ3) is 3.79. The maximum Gasteiger partial charge on any atom is 0.272 e. The minimum Gasteiger partial charge on any atom is -0.496 e. The molecule has 10 nitrogen and oxygen atoms in total. The van der Waals surface area contributed by atoms with Crippen LogP contribution in [0.25, 0.3) is 22.3 Å². The molecule has 4 heterocycles. The fourth-order valence-electron chi connectivity index (χ4n) is 5.72. The Balaban J connectivity index is 1.11. The van der Waals surface area contributed by atoms with Crippen LogP contribution >= 0.6 is 0 Å². The highest BCUT2D eigenvalue weighted by atomic mass is 16.5. The number of hydrogen-bond acceptors (Lipinski definition) is 8. The highest BCUT2D eigenvalue weighted by molar-refractivity contribution is 6.01. The normalized spacial score (nSPS) is 18.3. The predicted molar refractivity (Wildman–Crippen MR) is 137 cm³/mol. The molecule has 1 spiro atoms. The number of Topliss-reactive ketones (excluding diaryl/α,β-unsaturated/α-hetero) is 1. The van der Waals surface area contributed by atoms with Gasteiger partial charge in [0.05, 0.1) is 24.6 Å². The highest BCUT2D eigenvalue weighted by Crippen LogP contribution is 2.44. The number of carbonyl (C=O) groups excluding carboxylic acids is 2. The number of aromatic amines is 1. The van der Waals surface area contributed by atoms with Gasteiger partial charge in [-0.05, 0) is 59.0 Å². The number of aromatic nitrogens is 5. The molecule has 1 saturated heterocycles. The summed E-state index contributed by atoms with van der Waals surface area (Å²) in [6.45, 7) is 0.963. The number of hydrogen-bond donors (Lipinski definition) is 1. The number of pyridine rings is 1. The van der Waals surface area contributed by atoms with E-state index in [0.29, 0.717) is 60.4 Å². The predicted octanol–water partition coefficient (Wildman–Crippen LogP) is 3.94. The number of ketones is 1. The lowest BCUT2D eigenvalue weighted by Crippen LogP contribution is -2.52. The van der Waals surface area contributed by atoms with E-state index in [1.165, 1.54) is 5.56 Å². The number of piperidine rings is 1. The van der Waals surface area contributed by atoms with Crippen LogP contribution in [0.5, 0.6) is 11.5 Å². The van der Waals surface area contributed by atoms with Crippen LogP contribution in [0.1, 0.15) is 64.4 Å². The molecule has 192 valence electrons. The summed E-state index contributed by atoms with van der Waals surface area (Å²) in [6.07, 6.45) is 3.70. The van der Waals surface area contributed by atoms with Gasteiger partial charge in [-0.15, -0.1) is 5.10 Å². The second kappa shape index (κ2) is 8.61. The number of nitrogens with one attached hydrogen (secondary N) is 1. The molecule has 10 heteroatoms. The maximum absolute atomic E-state index is 13.6. The zero-order chi connectivity index (χ0) is 25.9. The minimum atomic E-state index is -0.621. The fraction of sp³-hybridized carbons (Fsp3) is 0.357. The molecule has 3 aliphatic rings. The quantitative estimate of drug-likeness (QED) is 0.438. The summed E-state index contributed by atoms with van der Waals surface area (Å²) in [6, 6.07) is 13.3. The maximum atomic E-state index is 13.6. The second-order valence-electron chi connectivity index (χ2n) is 10.4. The van der Waals surface area contributed by atoms with Gasteiger partial charge in [0.1, 0.15) is 22.8 Å². The Morgan fingerprint density at radius 3 is 2.74 bits per heavy atom. The average molecular weight is 511 g/mol. The lowest BCUT2D eigenvalue weighted by molar-refractivity contribution is -0.00583. The number of likely N-dealkylation sites (tertiary alicyclic amines) is 1. The summed E-state index contributed by atoms with van der Waals surface area (Å²) in [7, 11) is 1.62. The molecule has 1 N–H and O–H groups in total. The Morgan fingerprint density at radius 2 is 2.00 bits per heavy atom. The van der Waals surface area contributed by atoms with Gasteiger partial charge in [-0.1, -0.05) is 12.1 Å². The van der Waals surface area contributed by atoms with E-state index >= 15 is 0 Å². The molecule has 0 radical (unpaired) electrons. The molecule has 4 aromatic rings. The van der Waals surface area contributed by atoms with Crippen molar-refractivity contribution in [3.05, 3.63) is 59.3 Å². The first-order chi connectivity index (χ1) is 18.5. The van der Waals surface area contributed by atoms with Crippen LogP contribution in [0, 0.1) is 0 Å². The summed E-state index contributed by atoms with van der Waals surface area (Å²) >= 11 is 0. The Hall–Kier alpha value is -4.34. The van der Waals surface area contributed by atoms with Crippen molar-refractivity contribution in [1.82, 2.24) is 30.5 Å². The number of ether oxygens (including phenoxy) is 2. The van der Waals surface area contributed by atoms with E-state index in [1.807, 2.05) is 23.1 Å². The number of nitrogens with zero attached hydrogens (tertiary/aromatic N) is 5. The van der Waals surface area contributed by atoms with Crippen molar-refractivity contribution < 1.29 is 19.1 Å². The number of H-pyrrole nitrogens is 1. The molecule has 38 heavy (non-hydrogen) atoms. The number of tetrazole rings is 1. The van der Waals surface area contributed by atoms with Gasteiger partial charge in [0.15, 0.2) is 11.6 Å². The molecular formula is C28H26N6O4. The number of methoxy groups -OCH3 is 1. The number of benzene rings is 2. The van der Waals surface area contributed by atoms with E-state index in [9.17, 15) is 9.59 Å². The van der Waals surface area contributed by atoms with Gasteiger partial charge >= 0.3 is 0 Å². The summed E-state index contributed by atoms with van der Waals surface area (Å²) in [4.78, 5) is 33.4. The standard InChI is InChI=1S/C28H26N6O4/c1-37-24-14-21(29-25-18(16-5-6-16)3-2-4-19(24)25)27(36)34-11-9-28(10-12-34)15-22(35)20-13-17(7-8-23(20)38-28)26-30-32-33-31-26/h2-4,7-8,13-14,16H,5-6,9-12,15H2,1H3,(H,30,31,32,33). The number of rotatable bonds is 4. The van der Waals surface area contributed by atoms with Crippen molar-refractivity contribution in [3.8, 4) is 22.9 Å². The highest BCUT2D eigenvalue weighted by Gasteiger charge is 2.44. The van der Waals surface area contributed by atoms with E-state index in [2.05, 4.69) is 26.7 Å². The van der Waals surface area contributed by atoms with Gasteiger partial charge in [0, 0.05) is 42.9 Å². The minimum absolute atomic E-state index is 0.0221. The Labute approximate surface area is 218 Å². The van der Waals surface area contributed by atoms with E-state index in [0.717, 1.165) is 29.3 Å². The molecule has 1 amide bonds. The third-order valence-electron chi connectivity index (χ3n) is 7.96. The number of para-hydroxylation sites is 1. The first-order valence-corrected chi connectivity index (χ1v) is 12.9. The van der Waals surface area contributed by atoms with Crippen LogP contribution in [0.3, 0.4) is 0 Å². The van der Waals surface area contributed by atoms with E-state index in [4.69, 9.17) is 14.5 Å². The van der Waals surface area contributed by atoms with Crippen molar-refractivity contribution in [3.63, 3.8) is 0 Å². The third-order valence-corrected chi connectivity index (χ3v) is 7.96. The monoisotopic (exact) mass is 510 g/mol. The molecular weight excluding hydrogens is 484 g/mol. The molecule has 0 bridgehead atoms. The topological polar surface area (TPSA) is 123 Å². The van der Waals surface area contributed by atoms with E-state index in [1.54, 1.807) is 25.3 Å². The van der Waals surface area contributed by atoms with Crippen LogP contribution in [0.4, 0.5) is 0 Å². The Morgan fingerprint density at radius 1 is 1.16 bits per heavy atom. The SMILES string of the molecule is COc1cc(C(=O)N2CCC3(CC2)CC(=O)c2cc(-c4nnn[nH]4)ccc2O3)nc2c(C3CC3)cccc12. The van der Waals surface area contributed by atoms with E-state index < -0.39 is 5.60 Å². The first kappa shape index (κ1) is 22.8. The van der Waals surface area contributed by atoms with Gasteiger partial charge in [-0.3, -0.25) is 9.59 Å². The molecule has 2 aliphatic heterocycles. The molecule has 2 fully saturated rings. The van der Waals surface area contributed by atoms with Crippen molar-refractivity contribution >= 4 is 22.6 Å². The Bertz CT molecular complexity index is 1570. The van der Waals surface area contributed by atoms with Crippen LogP contribution < -0.4 is 9.47 Å². The number of amides is 1. The molecule has 2 aromatic carbocycles. The molecule has 2 aromatic heterocycles. The lowest BCUT2D eigenvalue weighted by Gasteiger charge is -2.43. The lowest BCUT2D eigenvalue weighted by atomic mass is 9.82. The van der Waals surface area contributed by atoms with E-state index in [-0.39, 0.29) is 18.1 Å². The van der Waals surface area contributed by atoms with Crippen molar-refractivity contribution in [1.29, 1.82) is 0 Å². The molecule has 7 rings (SSSR count). The molecule has 0 atom stereocenters. The van der Waals surface area contributed by atoms with Crippen molar-refractivity contribution in [2.75, 3.05) is 20.2 Å². The fourth-order valence-corrected chi connectivity index (χ4v) is 5.72. The van der Waals surface area contributed by atoms with Crippen LogP contribution in [0.15, 0.2) is 42.5 Å². The van der Waals surface area contributed by atoms with Gasteiger partial charge in [-0.25, -0.2) is 10.1 Å². The molecule has 0 unspecified atom stereocenters.